The highest BCUT2D eigenvalue weighted by Crippen LogP contribution is 2.27. The Morgan fingerprint density at radius 3 is 2.45 bits per heavy atom. The molecule has 10 nitrogen and oxygen atoms in total. The SMILES string of the molecule is COc1cccc(-c2ccc(-c3nc(CCOc4ccc(CCC(=O)O)c(CNC(=O)OC(C)C)c4)c(C)o3)cc2)n1. The average Bonchev–Trinajstić information content (AvgIpc) is 3.35. The van der Waals surface area contributed by atoms with Gasteiger partial charge in [-0.15, -0.1) is 0 Å². The van der Waals surface area contributed by atoms with Crippen LogP contribution in [0.2, 0.25) is 0 Å². The van der Waals surface area contributed by atoms with E-state index in [9.17, 15) is 9.59 Å². The van der Waals surface area contributed by atoms with Gasteiger partial charge in [-0.05, 0) is 68.7 Å². The van der Waals surface area contributed by atoms with Crippen LogP contribution in [0.5, 0.6) is 11.6 Å². The van der Waals surface area contributed by atoms with Crippen molar-refractivity contribution in [3.8, 4) is 34.3 Å². The van der Waals surface area contributed by atoms with E-state index in [1.165, 1.54) is 0 Å². The number of pyridine rings is 1. The minimum absolute atomic E-state index is 0.0158. The van der Waals surface area contributed by atoms with Crippen LogP contribution >= 0.6 is 0 Å². The topological polar surface area (TPSA) is 133 Å². The maximum atomic E-state index is 12.0. The van der Waals surface area contributed by atoms with Gasteiger partial charge in [-0.3, -0.25) is 4.79 Å². The number of rotatable bonds is 13. The molecule has 0 saturated heterocycles. The van der Waals surface area contributed by atoms with Gasteiger partial charge in [0.15, 0.2) is 0 Å². The second kappa shape index (κ2) is 14.2. The summed E-state index contributed by atoms with van der Waals surface area (Å²) in [6, 6.07) is 18.9. The van der Waals surface area contributed by atoms with Crippen molar-refractivity contribution in [1.29, 1.82) is 0 Å². The number of oxazole rings is 1. The zero-order valence-corrected chi connectivity index (χ0v) is 24.2. The van der Waals surface area contributed by atoms with E-state index in [4.69, 9.17) is 23.7 Å². The quantitative estimate of drug-likeness (QED) is 0.198. The third-order valence-corrected chi connectivity index (χ3v) is 6.41. The molecule has 0 spiro atoms. The summed E-state index contributed by atoms with van der Waals surface area (Å²) in [5.74, 6) is 1.51. The molecule has 4 aromatic rings. The summed E-state index contributed by atoms with van der Waals surface area (Å²) in [6.07, 6.45) is 0.0598. The van der Waals surface area contributed by atoms with Crippen LogP contribution in [0.15, 0.2) is 65.1 Å². The molecule has 0 unspecified atom stereocenters. The number of ether oxygens (including phenoxy) is 3. The number of nitrogens with zero attached hydrogens (tertiary/aromatic N) is 2. The number of benzene rings is 2. The number of amides is 1. The Morgan fingerprint density at radius 2 is 1.74 bits per heavy atom. The molecular formula is C32H35N3O7. The molecule has 0 fully saturated rings. The van der Waals surface area contributed by atoms with Gasteiger partial charge in [0, 0.05) is 36.6 Å². The molecule has 1 amide bonds. The van der Waals surface area contributed by atoms with E-state index < -0.39 is 12.1 Å². The third-order valence-electron chi connectivity index (χ3n) is 6.41. The van der Waals surface area contributed by atoms with Gasteiger partial charge in [0.05, 0.1) is 31.2 Å². The summed E-state index contributed by atoms with van der Waals surface area (Å²) >= 11 is 0. The first-order chi connectivity index (χ1) is 20.2. The van der Waals surface area contributed by atoms with E-state index in [-0.39, 0.29) is 19.1 Å². The number of hydrogen-bond acceptors (Lipinski definition) is 8. The Hall–Kier alpha value is -4.86. The Morgan fingerprint density at radius 1 is 0.976 bits per heavy atom. The largest absolute Gasteiger partial charge is 0.493 e. The number of carboxylic acids is 1. The molecule has 2 aromatic heterocycles. The molecular weight excluding hydrogens is 538 g/mol. The highest BCUT2D eigenvalue weighted by atomic mass is 16.6. The average molecular weight is 574 g/mol. The molecule has 0 atom stereocenters. The molecule has 2 N–H and O–H groups in total. The molecule has 0 aliphatic carbocycles. The van der Waals surface area contributed by atoms with Crippen molar-refractivity contribution in [2.45, 2.75) is 52.7 Å². The minimum Gasteiger partial charge on any atom is -0.493 e. The van der Waals surface area contributed by atoms with Crippen molar-refractivity contribution < 1.29 is 33.3 Å². The van der Waals surface area contributed by atoms with Gasteiger partial charge in [0.1, 0.15) is 11.5 Å². The first-order valence-electron chi connectivity index (χ1n) is 13.7. The predicted octanol–water partition coefficient (Wildman–Crippen LogP) is 5.99. The van der Waals surface area contributed by atoms with E-state index in [1.807, 2.05) is 55.5 Å². The molecule has 0 aliphatic rings. The fourth-order valence-corrected chi connectivity index (χ4v) is 4.29. The standard InChI is InChI=1S/C32H35N3O7/c1-20(2)41-32(38)33-19-25-18-26(14-12-22(25)13-15-30(36)37)40-17-16-27-21(3)42-31(35-27)24-10-8-23(9-11-24)28-6-5-7-29(34-28)39-4/h5-12,14,18,20H,13,15-17,19H2,1-4H3,(H,33,38)(H,36,37). The number of aryl methyl sites for hydroxylation is 2. The van der Waals surface area contributed by atoms with E-state index in [2.05, 4.69) is 15.3 Å². The van der Waals surface area contributed by atoms with Crippen LogP contribution in [0.1, 0.15) is 42.8 Å². The van der Waals surface area contributed by atoms with Crippen molar-refractivity contribution in [1.82, 2.24) is 15.3 Å². The van der Waals surface area contributed by atoms with Crippen LogP contribution < -0.4 is 14.8 Å². The van der Waals surface area contributed by atoms with Crippen molar-refractivity contribution in [3.63, 3.8) is 0 Å². The Labute approximate surface area is 244 Å². The van der Waals surface area contributed by atoms with Crippen molar-refractivity contribution in [2.75, 3.05) is 13.7 Å². The lowest BCUT2D eigenvalue weighted by molar-refractivity contribution is -0.136. The predicted molar refractivity (Wildman–Crippen MR) is 157 cm³/mol. The first-order valence-corrected chi connectivity index (χ1v) is 13.7. The Balaban J connectivity index is 1.39. The molecule has 0 radical (unpaired) electrons. The number of aliphatic carboxylic acids is 1. The van der Waals surface area contributed by atoms with E-state index in [1.54, 1.807) is 33.1 Å². The van der Waals surface area contributed by atoms with Crippen LogP contribution in [0.3, 0.4) is 0 Å². The van der Waals surface area contributed by atoms with Crippen LogP contribution in [0, 0.1) is 6.92 Å². The van der Waals surface area contributed by atoms with E-state index in [0.29, 0.717) is 42.7 Å². The monoisotopic (exact) mass is 573 g/mol. The maximum absolute atomic E-state index is 12.0. The van der Waals surface area contributed by atoms with Gasteiger partial charge in [-0.1, -0.05) is 24.3 Å². The van der Waals surface area contributed by atoms with Crippen LogP contribution in [-0.2, 0) is 28.9 Å². The number of methoxy groups -OCH3 is 1. The Bertz CT molecular complexity index is 1510. The lowest BCUT2D eigenvalue weighted by Gasteiger charge is -2.14. The van der Waals surface area contributed by atoms with Crippen molar-refractivity contribution in [2.24, 2.45) is 0 Å². The molecule has 0 saturated carbocycles. The number of carboxylic acid groups (broad SMARTS) is 1. The van der Waals surface area contributed by atoms with Crippen molar-refractivity contribution >= 4 is 12.1 Å². The van der Waals surface area contributed by atoms with E-state index in [0.717, 1.165) is 33.6 Å². The summed E-state index contributed by atoms with van der Waals surface area (Å²) in [4.78, 5) is 32.2. The van der Waals surface area contributed by atoms with Gasteiger partial charge in [0.25, 0.3) is 0 Å². The molecule has 220 valence electrons. The molecule has 2 heterocycles. The summed E-state index contributed by atoms with van der Waals surface area (Å²) in [5, 5.41) is 11.8. The number of alkyl carbamates (subject to hydrolysis) is 1. The third kappa shape index (κ3) is 8.33. The zero-order valence-electron chi connectivity index (χ0n) is 24.2. The van der Waals surface area contributed by atoms with E-state index >= 15 is 0 Å². The smallest absolute Gasteiger partial charge is 0.407 e. The summed E-state index contributed by atoms with van der Waals surface area (Å²) < 4.78 is 22.3. The Kier molecular flexibility index (Phi) is 10.1. The molecule has 0 aliphatic heterocycles. The summed E-state index contributed by atoms with van der Waals surface area (Å²) in [5.41, 5.74) is 4.99. The second-order valence-corrected chi connectivity index (χ2v) is 9.89. The van der Waals surface area contributed by atoms with Crippen molar-refractivity contribution in [3.05, 3.63) is 83.2 Å². The first kappa shape index (κ1) is 30.1. The molecule has 2 aromatic carbocycles. The number of carbonyl (C=O) groups is 2. The number of nitrogens with one attached hydrogen (secondary N) is 1. The van der Waals surface area contributed by atoms with Crippen LogP contribution in [-0.4, -0.2) is 47.0 Å². The fourth-order valence-electron chi connectivity index (χ4n) is 4.29. The molecule has 0 bridgehead atoms. The molecule has 42 heavy (non-hydrogen) atoms. The number of hydrogen-bond donors (Lipinski definition) is 2. The lowest BCUT2D eigenvalue weighted by atomic mass is 10.0. The maximum Gasteiger partial charge on any atom is 0.407 e. The highest BCUT2D eigenvalue weighted by molar-refractivity contribution is 5.68. The highest BCUT2D eigenvalue weighted by Gasteiger charge is 2.14. The summed E-state index contributed by atoms with van der Waals surface area (Å²) in [7, 11) is 1.59. The normalized spacial score (nSPS) is 10.9. The lowest BCUT2D eigenvalue weighted by Crippen LogP contribution is -2.26. The number of aromatic nitrogens is 2. The zero-order chi connectivity index (χ0) is 30.1. The summed E-state index contributed by atoms with van der Waals surface area (Å²) in [6.45, 7) is 5.95. The number of carbonyl (C=O) groups excluding carboxylic acids is 1. The fraction of sp³-hybridized carbons (Fsp3) is 0.312. The van der Waals surface area contributed by atoms with Crippen LogP contribution in [0.25, 0.3) is 22.7 Å². The van der Waals surface area contributed by atoms with Gasteiger partial charge < -0.3 is 29.1 Å². The molecule has 10 heteroatoms. The van der Waals surface area contributed by atoms with Gasteiger partial charge in [-0.2, -0.15) is 0 Å². The minimum atomic E-state index is -0.888. The van der Waals surface area contributed by atoms with Gasteiger partial charge in [0.2, 0.25) is 11.8 Å². The second-order valence-electron chi connectivity index (χ2n) is 9.89. The van der Waals surface area contributed by atoms with Crippen LogP contribution in [0.4, 0.5) is 4.79 Å². The van der Waals surface area contributed by atoms with Gasteiger partial charge in [-0.25, -0.2) is 14.8 Å². The van der Waals surface area contributed by atoms with Gasteiger partial charge >= 0.3 is 12.1 Å². The molecule has 4 rings (SSSR count).